The number of hydrogen-bond acceptors (Lipinski definition) is 1. The summed E-state index contributed by atoms with van der Waals surface area (Å²) in [5, 5.41) is 0. The van der Waals surface area contributed by atoms with Crippen LogP contribution in [0.25, 0.3) is 0 Å². The first-order valence-electron chi connectivity index (χ1n) is 10.2. The summed E-state index contributed by atoms with van der Waals surface area (Å²) in [5.74, 6) is 0.594. The van der Waals surface area contributed by atoms with Gasteiger partial charge in [0.15, 0.2) is 0 Å². The predicted molar refractivity (Wildman–Crippen MR) is 106 cm³/mol. The molecule has 1 saturated heterocycles. The van der Waals surface area contributed by atoms with Crippen molar-refractivity contribution in [3.8, 4) is 0 Å². The van der Waals surface area contributed by atoms with Gasteiger partial charge in [-0.1, -0.05) is 13.0 Å². The van der Waals surface area contributed by atoms with Gasteiger partial charge in [0.2, 0.25) is 0 Å². The van der Waals surface area contributed by atoms with Gasteiger partial charge in [-0.2, -0.15) is 0 Å². The van der Waals surface area contributed by atoms with Crippen LogP contribution in [0.5, 0.6) is 0 Å². The summed E-state index contributed by atoms with van der Waals surface area (Å²) < 4.78 is 5.85. The maximum absolute atomic E-state index is 5.85. The second kappa shape index (κ2) is 15.2. The molecule has 1 heterocycles. The first kappa shape index (κ1) is 20.7. The minimum atomic E-state index is 0.478. The van der Waals surface area contributed by atoms with Crippen molar-refractivity contribution in [1.29, 1.82) is 0 Å². The number of allylic oxidation sites excluding steroid dienone is 1. The summed E-state index contributed by atoms with van der Waals surface area (Å²) >= 11 is 0. The molecule has 1 fully saturated rings. The van der Waals surface area contributed by atoms with E-state index < -0.39 is 0 Å². The fourth-order valence-electron chi connectivity index (χ4n) is 3.40. The van der Waals surface area contributed by atoms with Gasteiger partial charge in [-0.15, -0.1) is 0 Å². The van der Waals surface area contributed by atoms with Crippen LogP contribution >= 0.6 is 0 Å². The summed E-state index contributed by atoms with van der Waals surface area (Å²) in [5.41, 5.74) is 0. The van der Waals surface area contributed by atoms with Crippen molar-refractivity contribution in [2.45, 2.75) is 103 Å². The van der Waals surface area contributed by atoms with E-state index in [1.165, 1.54) is 89.8 Å². The van der Waals surface area contributed by atoms with Crippen LogP contribution in [0.1, 0.15) is 90.4 Å². The second-order valence-electron chi connectivity index (χ2n) is 7.24. The summed E-state index contributed by atoms with van der Waals surface area (Å²) in [6.45, 7) is 9.09. The third kappa shape index (κ3) is 11.8. The van der Waals surface area contributed by atoms with Crippen molar-refractivity contribution < 1.29 is 4.74 Å². The van der Waals surface area contributed by atoms with Crippen molar-refractivity contribution in [2.75, 3.05) is 6.61 Å². The molecule has 0 aromatic rings. The van der Waals surface area contributed by atoms with Crippen LogP contribution in [0.2, 0.25) is 6.32 Å². The zero-order chi connectivity index (χ0) is 16.6. The Hall–Kier alpha value is -0.365. The minimum absolute atomic E-state index is 0.478. The molecule has 0 N–H and O–H groups in total. The zero-order valence-electron chi connectivity index (χ0n) is 15.6. The molecular formula is C21H39BO. The molecule has 0 amide bonds. The van der Waals surface area contributed by atoms with Gasteiger partial charge in [-0.25, -0.2) is 0 Å². The molecule has 1 aliphatic rings. The van der Waals surface area contributed by atoms with Crippen LogP contribution in [0.4, 0.5) is 0 Å². The Bertz CT molecular complexity index is 294. The van der Waals surface area contributed by atoms with Gasteiger partial charge in [-0.05, 0) is 19.3 Å². The van der Waals surface area contributed by atoms with E-state index in [1.54, 1.807) is 0 Å². The molecule has 0 radical (unpaired) electrons. The van der Waals surface area contributed by atoms with Crippen molar-refractivity contribution in [3.63, 3.8) is 0 Å². The predicted octanol–water partition coefficient (Wildman–Crippen LogP) is 6.20. The molecule has 0 bridgehead atoms. The van der Waals surface area contributed by atoms with Crippen LogP contribution in [0.3, 0.4) is 0 Å². The normalized spacial score (nSPS) is 19.8. The van der Waals surface area contributed by atoms with Crippen LogP contribution in [-0.4, -0.2) is 26.1 Å². The van der Waals surface area contributed by atoms with Crippen LogP contribution < -0.4 is 0 Å². The van der Waals surface area contributed by atoms with E-state index >= 15 is 0 Å². The molecule has 132 valence electrons. The van der Waals surface area contributed by atoms with Gasteiger partial charge in [0, 0.05) is 12.5 Å². The van der Waals surface area contributed by atoms with Crippen molar-refractivity contribution in [2.24, 2.45) is 5.92 Å². The van der Waals surface area contributed by atoms with E-state index in [2.05, 4.69) is 25.5 Å². The van der Waals surface area contributed by atoms with E-state index in [0.717, 1.165) is 6.61 Å². The Morgan fingerprint density at radius 1 is 1.00 bits per heavy atom. The molecule has 2 heteroatoms. The third-order valence-electron chi connectivity index (χ3n) is 5.02. The van der Waals surface area contributed by atoms with Gasteiger partial charge >= 0.3 is 90.0 Å². The fraction of sp³-hybridized carbons (Fsp3) is 0.857. The van der Waals surface area contributed by atoms with E-state index in [4.69, 9.17) is 4.74 Å². The Morgan fingerprint density at radius 2 is 1.65 bits per heavy atom. The average Bonchev–Trinajstić information content (AvgIpc) is 2.59. The fourth-order valence-corrected chi connectivity index (χ4v) is 3.40. The quantitative estimate of drug-likeness (QED) is 0.210. The Kier molecular flexibility index (Phi) is 13.6. The van der Waals surface area contributed by atoms with Crippen LogP contribution in [0, 0.1) is 5.92 Å². The van der Waals surface area contributed by atoms with Crippen LogP contribution in [0.15, 0.2) is 12.2 Å². The molecule has 0 aromatic heterocycles. The van der Waals surface area contributed by atoms with Gasteiger partial charge in [0.05, 0.1) is 6.10 Å². The van der Waals surface area contributed by atoms with Gasteiger partial charge in [0.25, 0.3) is 0 Å². The molecule has 23 heavy (non-hydrogen) atoms. The molecular weight excluding hydrogens is 279 g/mol. The first-order chi connectivity index (χ1) is 11.3. The second-order valence-corrected chi connectivity index (χ2v) is 7.24. The minimum Gasteiger partial charge on any atom is -0.378 e. The molecule has 2 unspecified atom stereocenters. The average molecular weight is 318 g/mol. The van der Waals surface area contributed by atoms with E-state index in [-0.39, 0.29) is 0 Å². The van der Waals surface area contributed by atoms with E-state index in [0.29, 0.717) is 12.0 Å². The summed E-state index contributed by atoms with van der Waals surface area (Å²) in [4.78, 5) is 0. The number of hydrogen-bond donors (Lipinski definition) is 0. The molecule has 1 rings (SSSR count). The standard InChI is InChI=1S/C21H39BO/c1-20(21-17-13-15-19-23-21)16-12-10-8-6-4-3-5-7-9-11-14-18-22-2/h12,16,20-21H,2-11,13-15,17-19H2,1H3/b16-12+. The van der Waals surface area contributed by atoms with Gasteiger partial charge in [0.1, 0.15) is 0 Å². The topological polar surface area (TPSA) is 9.23 Å². The smallest absolute Gasteiger partial charge is 0.378 e. The Labute approximate surface area is 146 Å². The first-order valence-corrected chi connectivity index (χ1v) is 10.2. The summed E-state index contributed by atoms with van der Waals surface area (Å²) in [6, 6.07) is 0. The number of rotatable bonds is 14. The SMILES string of the molecule is C=BCCCCCCCCCCC/C=C/C(C)C1CCCCO1. The number of ether oxygens (including phenoxy) is 1. The monoisotopic (exact) mass is 318 g/mol. The van der Waals surface area contributed by atoms with Gasteiger partial charge in [-0.3, -0.25) is 0 Å². The van der Waals surface area contributed by atoms with Crippen LogP contribution in [-0.2, 0) is 4.74 Å². The maximum atomic E-state index is 5.85. The Balaban J connectivity index is 1.83. The molecule has 1 nitrogen and oxygen atoms in total. The Morgan fingerprint density at radius 3 is 2.26 bits per heavy atom. The third-order valence-corrected chi connectivity index (χ3v) is 5.02. The molecule has 0 aliphatic carbocycles. The van der Waals surface area contributed by atoms with Gasteiger partial charge < -0.3 is 4.74 Å². The van der Waals surface area contributed by atoms with Crippen molar-refractivity contribution in [3.05, 3.63) is 12.2 Å². The van der Waals surface area contributed by atoms with Crippen molar-refractivity contribution in [1.82, 2.24) is 0 Å². The molecule has 0 aromatic carbocycles. The number of unbranched alkanes of at least 4 members (excludes halogenated alkanes) is 9. The summed E-state index contributed by atoms with van der Waals surface area (Å²) in [7, 11) is 0. The van der Waals surface area contributed by atoms with E-state index in [9.17, 15) is 0 Å². The molecule has 2 atom stereocenters. The molecule has 1 aliphatic heterocycles. The summed E-state index contributed by atoms with van der Waals surface area (Å²) in [6.07, 6.45) is 24.1. The molecule has 0 saturated carbocycles. The molecule has 0 spiro atoms. The zero-order valence-corrected chi connectivity index (χ0v) is 15.6. The van der Waals surface area contributed by atoms with E-state index in [1.807, 2.05) is 6.92 Å². The van der Waals surface area contributed by atoms with Crippen molar-refractivity contribution >= 4 is 13.4 Å².